The Balaban J connectivity index is 1.28. The molecule has 1 heterocycles. The van der Waals surface area contributed by atoms with Crippen molar-refractivity contribution in [3.05, 3.63) is 121 Å². The van der Waals surface area contributed by atoms with Gasteiger partial charge in [0.15, 0.2) is 5.76 Å². The van der Waals surface area contributed by atoms with Gasteiger partial charge in [-0.05, 0) is 41.0 Å². The first-order chi connectivity index (χ1) is 15.3. The molecule has 1 aromatic heterocycles. The molecular formula is C28H20N2O. The van der Waals surface area contributed by atoms with Crippen molar-refractivity contribution in [3.8, 4) is 33.9 Å². The maximum Gasteiger partial charge on any atom is 0.226 e. The molecular weight excluding hydrogens is 380 g/mol. The van der Waals surface area contributed by atoms with E-state index in [2.05, 4.69) is 58.5 Å². The van der Waals surface area contributed by atoms with Gasteiger partial charge in [-0.3, -0.25) is 4.99 Å². The van der Waals surface area contributed by atoms with Crippen molar-refractivity contribution >= 4 is 11.9 Å². The molecule has 4 aromatic carbocycles. The normalized spacial score (nSPS) is 11.1. The largest absolute Gasteiger partial charge is 0.436 e. The van der Waals surface area contributed by atoms with Crippen LogP contribution < -0.4 is 0 Å². The molecule has 0 aliphatic heterocycles. The van der Waals surface area contributed by atoms with Crippen LogP contribution in [0.4, 0.5) is 5.69 Å². The fraction of sp³-hybridized carbons (Fsp3) is 0. The smallest absolute Gasteiger partial charge is 0.226 e. The Morgan fingerprint density at radius 2 is 1.16 bits per heavy atom. The highest BCUT2D eigenvalue weighted by atomic mass is 16.4. The van der Waals surface area contributed by atoms with E-state index in [1.54, 1.807) is 6.20 Å². The predicted octanol–water partition coefficient (Wildman–Crippen LogP) is 7.43. The Hall–Kier alpha value is -4.24. The first-order valence-corrected chi connectivity index (χ1v) is 10.2. The average Bonchev–Trinajstić information content (AvgIpc) is 3.35. The van der Waals surface area contributed by atoms with Crippen LogP contribution in [-0.4, -0.2) is 11.2 Å². The van der Waals surface area contributed by atoms with E-state index >= 15 is 0 Å². The monoisotopic (exact) mass is 400 g/mol. The number of aliphatic imine (C=N–C) groups is 1. The summed E-state index contributed by atoms with van der Waals surface area (Å²) in [6.45, 7) is 0. The number of benzene rings is 4. The molecule has 0 radical (unpaired) electrons. The summed E-state index contributed by atoms with van der Waals surface area (Å²) < 4.78 is 5.92. The van der Waals surface area contributed by atoms with Gasteiger partial charge in [0.2, 0.25) is 5.89 Å². The quantitative estimate of drug-likeness (QED) is 0.288. The van der Waals surface area contributed by atoms with Crippen LogP contribution in [0.25, 0.3) is 33.9 Å². The van der Waals surface area contributed by atoms with E-state index in [0.29, 0.717) is 5.89 Å². The fourth-order valence-corrected chi connectivity index (χ4v) is 3.37. The van der Waals surface area contributed by atoms with E-state index in [1.807, 2.05) is 66.9 Å². The van der Waals surface area contributed by atoms with E-state index in [0.717, 1.165) is 28.1 Å². The van der Waals surface area contributed by atoms with Crippen LogP contribution in [0.3, 0.4) is 0 Å². The number of aromatic nitrogens is 1. The van der Waals surface area contributed by atoms with Crippen LogP contribution in [0.1, 0.15) is 5.56 Å². The van der Waals surface area contributed by atoms with Crippen molar-refractivity contribution in [1.82, 2.24) is 4.98 Å². The highest BCUT2D eigenvalue weighted by molar-refractivity contribution is 5.83. The average molecular weight is 400 g/mol. The molecule has 0 aliphatic carbocycles. The van der Waals surface area contributed by atoms with Gasteiger partial charge in [-0.15, -0.1) is 0 Å². The lowest BCUT2D eigenvalue weighted by atomic mass is 10.0. The van der Waals surface area contributed by atoms with Crippen LogP contribution in [0.15, 0.2) is 125 Å². The minimum absolute atomic E-state index is 0.603. The summed E-state index contributed by atoms with van der Waals surface area (Å²) in [5, 5.41) is 0. The van der Waals surface area contributed by atoms with Crippen LogP contribution in [0.5, 0.6) is 0 Å². The standard InChI is InChI=1S/C28H20N2O/c1-3-7-22(8-4-1)23-13-11-21(12-14-23)19-29-26-17-15-25(16-18-26)28-30-20-27(31-28)24-9-5-2-6-10-24/h1-20H. The number of rotatable bonds is 5. The van der Waals surface area contributed by atoms with Gasteiger partial charge >= 0.3 is 0 Å². The first kappa shape index (κ1) is 18.8. The lowest BCUT2D eigenvalue weighted by Crippen LogP contribution is -1.82. The molecule has 3 heteroatoms. The van der Waals surface area contributed by atoms with Crippen LogP contribution >= 0.6 is 0 Å². The Bertz CT molecular complexity index is 1290. The molecule has 5 aromatic rings. The second-order valence-corrected chi connectivity index (χ2v) is 7.19. The zero-order chi connectivity index (χ0) is 20.9. The van der Waals surface area contributed by atoms with Crippen molar-refractivity contribution in [1.29, 1.82) is 0 Å². The molecule has 148 valence electrons. The molecule has 0 bridgehead atoms. The van der Waals surface area contributed by atoms with Crippen molar-refractivity contribution < 1.29 is 4.42 Å². The highest BCUT2D eigenvalue weighted by Crippen LogP contribution is 2.27. The number of hydrogen-bond acceptors (Lipinski definition) is 3. The molecule has 0 aliphatic rings. The van der Waals surface area contributed by atoms with Gasteiger partial charge in [-0.2, -0.15) is 0 Å². The molecule has 0 N–H and O–H groups in total. The van der Waals surface area contributed by atoms with Crippen LogP contribution in [0, 0.1) is 0 Å². The third kappa shape index (κ3) is 4.36. The van der Waals surface area contributed by atoms with Gasteiger partial charge in [-0.25, -0.2) is 4.98 Å². The minimum Gasteiger partial charge on any atom is -0.436 e. The maximum absolute atomic E-state index is 5.92. The summed E-state index contributed by atoms with van der Waals surface area (Å²) in [7, 11) is 0. The Morgan fingerprint density at radius 1 is 0.581 bits per heavy atom. The summed E-state index contributed by atoms with van der Waals surface area (Å²) in [5.41, 5.74) is 6.29. The molecule has 0 spiro atoms. The molecule has 0 saturated heterocycles. The third-order valence-corrected chi connectivity index (χ3v) is 5.06. The van der Waals surface area contributed by atoms with Crippen molar-refractivity contribution in [2.45, 2.75) is 0 Å². The van der Waals surface area contributed by atoms with Gasteiger partial charge in [-0.1, -0.05) is 84.9 Å². The predicted molar refractivity (Wildman–Crippen MR) is 127 cm³/mol. The van der Waals surface area contributed by atoms with Crippen LogP contribution in [0.2, 0.25) is 0 Å². The van der Waals surface area contributed by atoms with Crippen LogP contribution in [-0.2, 0) is 0 Å². The number of hydrogen-bond donors (Lipinski definition) is 0. The van der Waals surface area contributed by atoms with Crippen molar-refractivity contribution in [3.63, 3.8) is 0 Å². The molecule has 0 atom stereocenters. The Morgan fingerprint density at radius 3 is 1.84 bits per heavy atom. The summed E-state index contributed by atoms with van der Waals surface area (Å²) in [6.07, 6.45) is 3.64. The van der Waals surface area contributed by atoms with Gasteiger partial charge in [0.25, 0.3) is 0 Å². The lowest BCUT2D eigenvalue weighted by molar-refractivity contribution is 0.589. The van der Waals surface area contributed by atoms with Gasteiger partial charge in [0.1, 0.15) is 0 Å². The SMILES string of the molecule is C(=Nc1ccc(-c2ncc(-c3ccccc3)o2)cc1)c1ccc(-c2ccccc2)cc1. The summed E-state index contributed by atoms with van der Waals surface area (Å²) in [6, 6.07) is 36.6. The summed E-state index contributed by atoms with van der Waals surface area (Å²) in [4.78, 5) is 9.00. The van der Waals surface area contributed by atoms with E-state index < -0.39 is 0 Å². The zero-order valence-electron chi connectivity index (χ0n) is 16.8. The fourth-order valence-electron chi connectivity index (χ4n) is 3.37. The molecule has 0 fully saturated rings. The second kappa shape index (κ2) is 8.64. The van der Waals surface area contributed by atoms with Gasteiger partial charge < -0.3 is 4.42 Å². The summed E-state index contributed by atoms with van der Waals surface area (Å²) >= 11 is 0. The molecule has 5 rings (SSSR count). The van der Waals surface area contributed by atoms with Crippen molar-refractivity contribution in [2.24, 2.45) is 4.99 Å². The topological polar surface area (TPSA) is 38.4 Å². The molecule has 0 saturated carbocycles. The Labute approximate surface area is 181 Å². The van der Waals surface area contributed by atoms with Gasteiger partial charge in [0, 0.05) is 17.3 Å². The van der Waals surface area contributed by atoms with E-state index in [1.165, 1.54) is 11.1 Å². The molecule has 31 heavy (non-hydrogen) atoms. The highest BCUT2D eigenvalue weighted by Gasteiger charge is 2.08. The Kier molecular flexibility index (Phi) is 5.23. The molecule has 0 amide bonds. The number of nitrogens with zero attached hydrogens (tertiary/aromatic N) is 2. The second-order valence-electron chi connectivity index (χ2n) is 7.19. The lowest BCUT2D eigenvalue weighted by Gasteiger charge is -2.02. The molecule has 3 nitrogen and oxygen atoms in total. The van der Waals surface area contributed by atoms with E-state index in [9.17, 15) is 0 Å². The summed E-state index contributed by atoms with van der Waals surface area (Å²) in [5.74, 6) is 1.36. The van der Waals surface area contributed by atoms with E-state index in [-0.39, 0.29) is 0 Å². The maximum atomic E-state index is 5.92. The van der Waals surface area contributed by atoms with Gasteiger partial charge in [0.05, 0.1) is 11.9 Å². The molecule has 0 unspecified atom stereocenters. The zero-order valence-corrected chi connectivity index (χ0v) is 16.8. The number of oxazole rings is 1. The van der Waals surface area contributed by atoms with E-state index in [4.69, 9.17) is 4.42 Å². The van der Waals surface area contributed by atoms with Crippen molar-refractivity contribution in [2.75, 3.05) is 0 Å². The minimum atomic E-state index is 0.603. The first-order valence-electron chi connectivity index (χ1n) is 10.2. The third-order valence-electron chi connectivity index (χ3n) is 5.06.